The lowest BCUT2D eigenvalue weighted by Crippen LogP contribution is -2.61. The fourth-order valence-electron chi connectivity index (χ4n) is 1.69. The van der Waals surface area contributed by atoms with E-state index in [-0.39, 0.29) is 0 Å². The van der Waals surface area contributed by atoms with Gasteiger partial charge >= 0.3 is 0 Å². The van der Waals surface area contributed by atoms with Crippen molar-refractivity contribution in [3.8, 4) is 0 Å². The maximum absolute atomic E-state index is 2.42. The summed E-state index contributed by atoms with van der Waals surface area (Å²) in [5.74, 6) is 4.61. The average Bonchev–Trinajstić information content (AvgIpc) is 1.90. The molecule has 3 heterocycles. The largest absolute Gasteiger partial charge is 0.314 e. The van der Waals surface area contributed by atoms with Crippen molar-refractivity contribution >= 4 is 10.9 Å². The summed E-state index contributed by atoms with van der Waals surface area (Å²) in [4.78, 5) is 0. The Kier molecular flexibility index (Phi) is 1.27. The van der Waals surface area contributed by atoms with Crippen LogP contribution >= 0.6 is 0 Å². The van der Waals surface area contributed by atoms with Gasteiger partial charge in [-0.05, 0) is 0 Å². The van der Waals surface area contributed by atoms with Crippen molar-refractivity contribution in [2.24, 2.45) is 0 Å². The predicted molar refractivity (Wildman–Crippen MR) is 42.8 cm³/mol. The van der Waals surface area contributed by atoms with Crippen molar-refractivity contribution in [2.45, 2.75) is 0 Å². The van der Waals surface area contributed by atoms with E-state index in [4.69, 9.17) is 0 Å². The van der Waals surface area contributed by atoms with Gasteiger partial charge in [0.2, 0.25) is 0 Å². The van der Waals surface area contributed by atoms with E-state index in [1.165, 1.54) is 41.4 Å². The fourth-order valence-corrected chi connectivity index (χ4v) is 4.40. The van der Waals surface area contributed by atoms with E-state index in [1.54, 1.807) is 0 Å². The molecule has 2 bridgehead atoms. The molecule has 0 amide bonds. The molecule has 0 atom stereocenters. The lowest BCUT2D eigenvalue weighted by atomic mass is 10.4. The van der Waals surface area contributed by atoms with Crippen LogP contribution in [0.15, 0.2) is 0 Å². The van der Waals surface area contributed by atoms with Crippen molar-refractivity contribution in [2.75, 3.05) is 43.9 Å². The third kappa shape index (κ3) is 0.987. The second-order valence-corrected chi connectivity index (χ2v) is 5.96. The summed E-state index contributed by atoms with van der Waals surface area (Å²) in [6, 6.07) is 0. The topological polar surface area (TPSA) is 0 Å². The number of hydrogen-bond donors (Lipinski definition) is 0. The first-order chi connectivity index (χ1) is 4.29. The quantitative estimate of drug-likeness (QED) is 0.334. The van der Waals surface area contributed by atoms with Crippen molar-refractivity contribution in [1.82, 2.24) is 0 Å². The van der Waals surface area contributed by atoms with Crippen LogP contribution in [0.3, 0.4) is 0 Å². The predicted octanol–water partition coefficient (Wildman–Crippen LogP) is 0.0785. The molecule has 52 valence electrons. The lowest BCUT2D eigenvalue weighted by Gasteiger charge is -2.41. The summed E-state index contributed by atoms with van der Waals surface area (Å²) < 4.78 is 1.39. The Hall–Kier alpha value is 0.310. The van der Waals surface area contributed by atoms with Gasteiger partial charge < -0.3 is 4.48 Å². The minimum absolute atomic E-state index is 0.873. The van der Waals surface area contributed by atoms with E-state index in [0.29, 0.717) is 0 Å². The summed E-state index contributed by atoms with van der Waals surface area (Å²) in [7, 11) is 3.29. The lowest BCUT2D eigenvalue weighted by molar-refractivity contribution is -0.906. The van der Waals surface area contributed by atoms with Gasteiger partial charge in [-0.1, -0.05) is 0 Å². The zero-order valence-corrected chi connectivity index (χ0v) is 6.91. The fraction of sp³-hybridized carbons (Fsp3) is 1.00. The highest BCUT2D eigenvalue weighted by atomic mass is 32.2. The Morgan fingerprint density at radius 2 is 1.44 bits per heavy atom. The molecule has 3 aliphatic heterocycles. The molecule has 0 N–H and O–H groups in total. The van der Waals surface area contributed by atoms with Gasteiger partial charge in [-0.25, -0.2) is 0 Å². The summed E-state index contributed by atoms with van der Waals surface area (Å²) in [6.07, 6.45) is 0. The SMILES string of the molecule is C[N+]12CC[S+](CC1)CC2. The standard InChI is InChI=1S/C7H15NS/c1-8-2-5-9(6-3-8)7-4-8/h2-7H2,1H3/q+2. The molecule has 0 aromatic heterocycles. The molecule has 0 saturated carbocycles. The Bertz CT molecular complexity index is 102. The van der Waals surface area contributed by atoms with Gasteiger partial charge in [-0.3, -0.25) is 0 Å². The second-order valence-electron chi connectivity index (χ2n) is 3.52. The maximum Gasteiger partial charge on any atom is 0.157 e. The van der Waals surface area contributed by atoms with E-state index in [2.05, 4.69) is 7.05 Å². The normalized spacial score (nSPS) is 49.7. The van der Waals surface area contributed by atoms with Crippen molar-refractivity contribution in [3.63, 3.8) is 0 Å². The molecular weight excluding hydrogens is 130 g/mol. The van der Waals surface area contributed by atoms with E-state index >= 15 is 0 Å². The Balaban J connectivity index is 2.11. The molecule has 2 heteroatoms. The molecule has 0 radical (unpaired) electrons. The Morgan fingerprint density at radius 1 is 1.00 bits per heavy atom. The summed E-state index contributed by atoms with van der Waals surface area (Å²) in [6.45, 7) is 4.43. The van der Waals surface area contributed by atoms with Gasteiger partial charge in [0.05, 0.1) is 7.05 Å². The van der Waals surface area contributed by atoms with Gasteiger partial charge in [0.15, 0.2) is 17.3 Å². The Labute approximate surface area is 60.0 Å². The number of fused-ring (bicyclic) bond motifs is 3. The third-order valence-electron chi connectivity index (χ3n) is 2.76. The summed E-state index contributed by atoms with van der Waals surface area (Å²) in [5, 5.41) is 0. The minimum Gasteiger partial charge on any atom is -0.314 e. The summed E-state index contributed by atoms with van der Waals surface area (Å²) >= 11 is 0. The zero-order chi connectivity index (χ0) is 6.32. The number of hydrogen-bond acceptors (Lipinski definition) is 0. The van der Waals surface area contributed by atoms with E-state index < -0.39 is 0 Å². The van der Waals surface area contributed by atoms with Crippen LogP contribution in [0.4, 0.5) is 0 Å². The third-order valence-corrected chi connectivity index (χ3v) is 5.04. The maximum atomic E-state index is 2.42. The van der Waals surface area contributed by atoms with Crippen LogP contribution in [-0.2, 0) is 10.9 Å². The van der Waals surface area contributed by atoms with Gasteiger partial charge in [0.1, 0.15) is 19.6 Å². The Morgan fingerprint density at radius 3 is 1.67 bits per heavy atom. The minimum atomic E-state index is 0.873. The first kappa shape index (κ1) is 6.05. The number of quaternary nitrogens is 1. The van der Waals surface area contributed by atoms with Crippen LogP contribution in [0.5, 0.6) is 0 Å². The van der Waals surface area contributed by atoms with Crippen LogP contribution in [0.2, 0.25) is 0 Å². The molecule has 3 aliphatic rings. The smallest absolute Gasteiger partial charge is 0.157 e. The van der Waals surface area contributed by atoms with Gasteiger partial charge in [-0.15, -0.1) is 0 Å². The highest BCUT2D eigenvalue weighted by molar-refractivity contribution is 7.97. The second kappa shape index (κ2) is 1.89. The molecule has 0 aromatic carbocycles. The molecule has 0 aromatic rings. The van der Waals surface area contributed by atoms with Crippen LogP contribution in [0.1, 0.15) is 0 Å². The zero-order valence-electron chi connectivity index (χ0n) is 6.10. The number of nitrogens with zero attached hydrogens (tertiary/aromatic N) is 1. The molecule has 3 fully saturated rings. The average molecular weight is 145 g/mol. The van der Waals surface area contributed by atoms with Gasteiger partial charge in [0.25, 0.3) is 0 Å². The van der Waals surface area contributed by atoms with E-state index in [1.807, 2.05) is 0 Å². The number of rotatable bonds is 0. The van der Waals surface area contributed by atoms with Crippen molar-refractivity contribution in [3.05, 3.63) is 0 Å². The monoisotopic (exact) mass is 145 g/mol. The molecule has 3 saturated heterocycles. The van der Waals surface area contributed by atoms with E-state index in [9.17, 15) is 0 Å². The molecule has 9 heavy (non-hydrogen) atoms. The molecule has 1 nitrogen and oxygen atoms in total. The highest BCUT2D eigenvalue weighted by Gasteiger charge is 2.42. The van der Waals surface area contributed by atoms with Crippen molar-refractivity contribution in [1.29, 1.82) is 0 Å². The van der Waals surface area contributed by atoms with Crippen LogP contribution < -0.4 is 0 Å². The molecule has 3 rings (SSSR count). The van der Waals surface area contributed by atoms with Gasteiger partial charge in [0, 0.05) is 10.9 Å². The van der Waals surface area contributed by atoms with Crippen LogP contribution in [-0.4, -0.2) is 48.4 Å². The first-order valence-corrected chi connectivity index (χ1v) is 5.49. The molecule has 0 aliphatic carbocycles. The van der Waals surface area contributed by atoms with Crippen LogP contribution in [0.25, 0.3) is 0 Å². The first-order valence-electron chi connectivity index (χ1n) is 3.76. The highest BCUT2D eigenvalue weighted by Crippen LogP contribution is 2.20. The molecular formula is C7H15NS+2. The van der Waals surface area contributed by atoms with Crippen LogP contribution in [0, 0.1) is 0 Å². The van der Waals surface area contributed by atoms with Gasteiger partial charge in [-0.2, -0.15) is 0 Å². The molecule has 0 unspecified atom stereocenters. The molecule has 0 spiro atoms. The van der Waals surface area contributed by atoms with Crippen molar-refractivity contribution < 1.29 is 4.48 Å². The van der Waals surface area contributed by atoms with E-state index in [0.717, 1.165) is 10.9 Å². The summed E-state index contributed by atoms with van der Waals surface area (Å²) in [5.41, 5.74) is 0.